The minimum Gasteiger partial charge on any atom is -0.372 e. The van der Waals surface area contributed by atoms with Gasteiger partial charge in [0.2, 0.25) is 0 Å². The topological polar surface area (TPSA) is 9.23 Å². The second-order valence-electron chi connectivity index (χ2n) is 2.98. The van der Waals surface area contributed by atoms with E-state index in [4.69, 9.17) is 4.74 Å². The highest BCUT2D eigenvalue weighted by atomic mass is 28.3. The molecule has 2 heteroatoms. The summed E-state index contributed by atoms with van der Waals surface area (Å²) in [4.78, 5) is 0. The third kappa shape index (κ3) is 7.74. The lowest BCUT2D eigenvalue weighted by atomic mass is 10.8. The Morgan fingerprint density at radius 1 is 1.33 bits per heavy atom. The van der Waals surface area contributed by atoms with E-state index in [0.717, 1.165) is 0 Å². The van der Waals surface area contributed by atoms with Crippen molar-refractivity contribution in [1.82, 2.24) is 0 Å². The van der Waals surface area contributed by atoms with E-state index in [0.29, 0.717) is 6.61 Å². The fourth-order valence-corrected chi connectivity index (χ4v) is 0.976. The van der Waals surface area contributed by atoms with Crippen LogP contribution in [0.2, 0.25) is 19.6 Å². The molecule has 0 fully saturated rings. The molecule has 0 unspecified atom stereocenters. The number of ether oxygens (including phenoxy) is 1. The molecular weight excluding hydrogens is 128 g/mol. The molecule has 0 saturated carbocycles. The van der Waals surface area contributed by atoms with Crippen molar-refractivity contribution in [3.05, 3.63) is 0 Å². The molecule has 0 N–H and O–H groups in total. The molecule has 0 aromatic carbocycles. The third-order valence-electron chi connectivity index (χ3n) is 0.680. The molecule has 0 aliphatic carbocycles. The van der Waals surface area contributed by atoms with Crippen LogP contribution in [0.15, 0.2) is 0 Å². The lowest BCUT2D eigenvalue weighted by molar-refractivity contribution is 0.240. The molecule has 9 heavy (non-hydrogen) atoms. The highest BCUT2D eigenvalue weighted by molar-refractivity contribution is 6.83. The Hall–Kier alpha value is -0.263. The fraction of sp³-hybridized carbons (Fsp3) is 0.714. The minimum absolute atomic E-state index is 0.574. The van der Waals surface area contributed by atoms with E-state index in [9.17, 15) is 0 Å². The summed E-state index contributed by atoms with van der Waals surface area (Å²) in [5.41, 5.74) is 3.19. The predicted octanol–water partition coefficient (Wildman–Crippen LogP) is 1.51. The van der Waals surface area contributed by atoms with Crippen molar-refractivity contribution in [2.24, 2.45) is 0 Å². The van der Waals surface area contributed by atoms with Crippen molar-refractivity contribution in [2.75, 3.05) is 13.7 Å². The Balaban J connectivity index is 3.59. The van der Waals surface area contributed by atoms with Gasteiger partial charge in [0.1, 0.15) is 14.7 Å². The van der Waals surface area contributed by atoms with Crippen molar-refractivity contribution < 1.29 is 4.74 Å². The first-order chi connectivity index (χ1) is 4.06. The van der Waals surface area contributed by atoms with Gasteiger partial charge in [-0.2, -0.15) is 0 Å². The van der Waals surface area contributed by atoms with Gasteiger partial charge in [0.25, 0.3) is 0 Å². The third-order valence-corrected chi connectivity index (χ3v) is 1.61. The zero-order chi connectivity index (χ0) is 7.33. The standard InChI is InChI=1S/C7H14OSi/c1-8-6-5-7-9(2,3)4/h6H2,1-4H3. The smallest absolute Gasteiger partial charge is 0.129 e. The Kier molecular flexibility index (Phi) is 3.60. The van der Waals surface area contributed by atoms with Gasteiger partial charge in [-0.15, -0.1) is 5.54 Å². The zero-order valence-electron chi connectivity index (χ0n) is 6.62. The monoisotopic (exact) mass is 142 g/mol. The molecule has 0 aliphatic heterocycles. The molecule has 0 spiro atoms. The van der Waals surface area contributed by atoms with Crippen LogP contribution >= 0.6 is 0 Å². The summed E-state index contributed by atoms with van der Waals surface area (Å²) in [5.74, 6) is 2.96. The molecule has 0 aromatic rings. The normalized spacial score (nSPS) is 10.2. The van der Waals surface area contributed by atoms with E-state index in [2.05, 4.69) is 31.1 Å². The number of hydrogen-bond donors (Lipinski definition) is 0. The number of rotatable bonds is 1. The molecular formula is C7H14OSi. The molecule has 0 rings (SSSR count). The summed E-state index contributed by atoms with van der Waals surface area (Å²) in [6, 6.07) is 0. The Bertz CT molecular complexity index is 124. The zero-order valence-corrected chi connectivity index (χ0v) is 7.62. The molecule has 0 bridgehead atoms. The average molecular weight is 142 g/mol. The summed E-state index contributed by atoms with van der Waals surface area (Å²) in [6.07, 6.45) is 0. The first-order valence-corrected chi connectivity index (χ1v) is 6.55. The van der Waals surface area contributed by atoms with Crippen LogP contribution in [0, 0.1) is 11.5 Å². The van der Waals surface area contributed by atoms with Crippen molar-refractivity contribution >= 4 is 8.07 Å². The van der Waals surface area contributed by atoms with Gasteiger partial charge in [0, 0.05) is 7.11 Å². The van der Waals surface area contributed by atoms with Gasteiger partial charge in [-0.25, -0.2) is 0 Å². The number of hydrogen-bond acceptors (Lipinski definition) is 1. The highest BCUT2D eigenvalue weighted by Crippen LogP contribution is 1.95. The molecule has 0 amide bonds. The SMILES string of the molecule is COCC#C[Si](C)(C)C. The van der Waals surface area contributed by atoms with E-state index < -0.39 is 8.07 Å². The van der Waals surface area contributed by atoms with Crippen molar-refractivity contribution in [3.8, 4) is 11.5 Å². The predicted molar refractivity (Wildman–Crippen MR) is 43.0 cm³/mol. The first kappa shape index (κ1) is 8.74. The van der Waals surface area contributed by atoms with E-state index in [1.54, 1.807) is 7.11 Å². The maximum Gasteiger partial charge on any atom is 0.129 e. The Labute approximate surface area is 58.4 Å². The van der Waals surface area contributed by atoms with E-state index in [-0.39, 0.29) is 0 Å². The quantitative estimate of drug-likeness (QED) is 0.398. The van der Waals surface area contributed by atoms with E-state index >= 15 is 0 Å². The lowest BCUT2D eigenvalue weighted by Gasteiger charge is -2.02. The van der Waals surface area contributed by atoms with Crippen LogP contribution < -0.4 is 0 Å². The van der Waals surface area contributed by atoms with Gasteiger partial charge in [-0.05, 0) is 0 Å². The molecule has 0 aliphatic rings. The van der Waals surface area contributed by atoms with Crippen molar-refractivity contribution in [2.45, 2.75) is 19.6 Å². The second kappa shape index (κ2) is 3.70. The van der Waals surface area contributed by atoms with Gasteiger partial charge in [-0.1, -0.05) is 25.6 Å². The molecule has 0 radical (unpaired) electrons. The summed E-state index contributed by atoms with van der Waals surface area (Å²) in [5, 5.41) is 0. The maximum atomic E-state index is 4.79. The molecule has 52 valence electrons. The lowest BCUT2D eigenvalue weighted by Crippen LogP contribution is -2.16. The van der Waals surface area contributed by atoms with Crippen LogP contribution in [0.5, 0.6) is 0 Å². The second-order valence-corrected chi connectivity index (χ2v) is 7.73. The summed E-state index contributed by atoms with van der Waals surface area (Å²) in [7, 11) is 0.530. The van der Waals surface area contributed by atoms with E-state index in [1.807, 2.05) is 0 Å². The Morgan fingerprint density at radius 3 is 2.22 bits per heavy atom. The van der Waals surface area contributed by atoms with Crippen LogP contribution in [0.4, 0.5) is 0 Å². The largest absolute Gasteiger partial charge is 0.372 e. The molecule has 0 atom stereocenters. The van der Waals surface area contributed by atoms with Gasteiger partial charge in [0.15, 0.2) is 0 Å². The van der Waals surface area contributed by atoms with Crippen molar-refractivity contribution in [3.63, 3.8) is 0 Å². The highest BCUT2D eigenvalue weighted by Gasteiger charge is 2.06. The maximum absolute atomic E-state index is 4.79. The average Bonchev–Trinajstić information content (AvgIpc) is 1.63. The fourth-order valence-electron chi connectivity index (χ4n) is 0.373. The number of methoxy groups -OCH3 is 1. The van der Waals surface area contributed by atoms with Gasteiger partial charge >= 0.3 is 0 Å². The first-order valence-electron chi connectivity index (χ1n) is 3.05. The van der Waals surface area contributed by atoms with Crippen LogP contribution in [0.3, 0.4) is 0 Å². The van der Waals surface area contributed by atoms with Gasteiger partial charge in [-0.3, -0.25) is 0 Å². The summed E-state index contributed by atoms with van der Waals surface area (Å²) >= 11 is 0. The van der Waals surface area contributed by atoms with Gasteiger partial charge in [0.05, 0.1) is 0 Å². The molecule has 0 aromatic heterocycles. The van der Waals surface area contributed by atoms with Crippen LogP contribution in [-0.2, 0) is 4.74 Å². The van der Waals surface area contributed by atoms with Crippen molar-refractivity contribution in [1.29, 1.82) is 0 Å². The molecule has 0 saturated heterocycles. The minimum atomic E-state index is -1.14. The molecule has 1 nitrogen and oxygen atoms in total. The Morgan fingerprint density at radius 2 is 1.89 bits per heavy atom. The van der Waals surface area contributed by atoms with Crippen LogP contribution in [0.1, 0.15) is 0 Å². The van der Waals surface area contributed by atoms with Crippen LogP contribution in [0.25, 0.3) is 0 Å². The van der Waals surface area contributed by atoms with E-state index in [1.165, 1.54) is 0 Å². The van der Waals surface area contributed by atoms with Gasteiger partial charge < -0.3 is 4.74 Å². The van der Waals surface area contributed by atoms with Crippen LogP contribution in [-0.4, -0.2) is 21.8 Å². The summed E-state index contributed by atoms with van der Waals surface area (Å²) < 4.78 is 4.79. The molecule has 0 heterocycles. The summed E-state index contributed by atoms with van der Waals surface area (Å²) in [6.45, 7) is 7.23.